The Labute approximate surface area is 111 Å². The largest absolute Gasteiger partial charge is 0.489 e. The van der Waals surface area contributed by atoms with Crippen LogP contribution >= 0.6 is 0 Å². The molecule has 2 aromatic rings. The van der Waals surface area contributed by atoms with Crippen LogP contribution in [0.15, 0.2) is 48.5 Å². The van der Waals surface area contributed by atoms with Crippen molar-refractivity contribution < 1.29 is 13.9 Å². The molecule has 98 valence electrons. The number of anilines is 1. The molecule has 0 bridgehead atoms. The van der Waals surface area contributed by atoms with Crippen molar-refractivity contribution in [1.29, 1.82) is 0 Å². The van der Waals surface area contributed by atoms with Gasteiger partial charge in [-0.15, -0.1) is 0 Å². The van der Waals surface area contributed by atoms with Gasteiger partial charge in [-0.25, -0.2) is 4.39 Å². The lowest BCUT2D eigenvalue weighted by molar-refractivity contribution is -0.114. The summed E-state index contributed by atoms with van der Waals surface area (Å²) in [5.41, 5.74) is 1.62. The standard InChI is InChI=1S/C15H14FNO2/c1-11(18)17-14-6-8-15(9-7-14)19-10-12-2-4-13(16)5-3-12/h2-9H,10H2,1H3,(H,17,18). The lowest BCUT2D eigenvalue weighted by atomic mass is 10.2. The maximum atomic E-state index is 12.7. The van der Waals surface area contributed by atoms with E-state index in [1.165, 1.54) is 19.1 Å². The number of hydrogen-bond donors (Lipinski definition) is 1. The third-order valence-corrected chi connectivity index (χ3v) is 2.49. The van der Waals surface area contributed by atoms with Crippen LogP contribution in [-0.2, 0) is 11.4 Å². The van der Waals surface area contributed by atoms with E-state index in [0.29, 0.717) is 12.4 Å². The van der Waals surface area contributed by atoms with E-state index in [0.717, 1.165) is 11.3 Å². The third kappa shape index (κ3) is 4.10. The predicted molar refractivity (Wildman–Crippen MR) is 71.5 cm³/mol. The number of carbonyl (C=O) groups is 1. The molecule has 0 aliphatic heterocycles. The molecule has 0 radical (unpaired) electrons. The summed E-state index contributed by atoms with van der Waals surface area (Å²) >= 11 is 0. The molecule has 19 heavy (non-hydrogen) atoms. The van der Waals surface area contributed by atoms with Crippen molar-refractivity contribution in [3.05, 3.63) is 59.9 Å². The van der Waals surface area contributed by atoms with E-state index in [2.05, 4.69) is 5.32 Å². The van der Waals surface area contributed by atoms with Crippen LogP contribution in [0.3, 0.4) is 0 Å². The normalized spacial score (nSPS) is 10.0. The Kier molecular flexibility index (Phi) is 4.13. The molecule has 1 N–H and O–H groups in total. The van der Waals surface area contributed by atoms with Crippen LogP contribution in [0.2, 0.25) is 0 Å². The second-order valence-corrected chi connectivity index (χ2v) is 4.12. The molecule has 2 aromatic carbocycles. The maximum absolute atomic E-state index is 12.7. The van der Waals surface area contributed by atoms with Gasteiger partial charge in [0.05, 0.1) is 0 Å². The van der Waals surface area contributed by atoms with E-state index in [4.69, 9.17) is 4.74 Å². The third-order valence-electron chi connectivity index (χ3n) is 2.49. The van der Waals surface area contributed by atoms with Crippen molar-refractivity contribution in [3.8, 4) is 5.75 Å². The molecule has 0 saturated heterocycles. The van der Waals surface area contributed by atoms with Crippen LogP contribution in [0.4, 0.5) is 10.1 Å². The highest BCUT2D eigenvalue weighted by atomic mass is 19.1. The van der Waals surface area contributed by atoms with Gasteiger partial charge in [-0.2, -0.15) is 0 Å². The van der Waals surface area contributed by atoms with Gasteiger partial charge < -0.3 is 10.1 Å². The number of rotatable bonds is 4. The van der Waals surface area contributed by atoms with E-state index >= 15 is 0 Å². The fraction of sp³-hybridized carbons (Fsp3) is 0.133. The smallest absolute Gasteiger partial charge is 0.221 e. The Bertz CT molecular complexity index is 549. The minimum Gasteiger partial charge on any atom is -0.489 e. The Balaban J connectivity index is 1.92. The highest BCUT2D eigenvalue weighted by molar-refractivity contribution is 5.88. The van der Waals surface area contributed by atoms with Gasteiger partial charge in [-0.3, -0.25) is 4.79 Å². The first-order valence-electron chi connectivity index (χ1n) is 5.88. The molecule has 0 unspecified atom stereocenters. The Morgan fingerprint density at radius 1 is 1.11 bits per heavy atom. The number of hydrogen-bond acceptors (Lipinski definition) is 2. The number of amides is 1. The summed E-state index contributed by atoms with van der Waals surface area (Å²) < 4.78 is 18.3. The molecule has 0 saturated carbocycles. The zero-order valence-electron chi connectivity index (χ0n) is 10.5. The molecular formula is C15H14FNO2. The van der Waals surface area contributed by atoms with Gasteiger partial charge >= 0.3 is 0 Å². The molecule has 0 fully saturated rings. The summed E-state index contributed by atoms with van der Waals surface area (Å²) in [7, 11) is 0. The fourth-order valence-corrected chi connectivity index (χ4v) is 1.59. The van der Waals surface area contributed by atoms with Crippen molar-refractivity contribution in [1.82, 2.24) is 0 Å². The number of carbonyl (C=O) groups excluding carboxylic acids is 1. The number of ether oxygens (including phenoxy) is 1. The Hall–Kier alpha value is -2.36. The molecule has 0 aliphatic rings. The average molecular weight is 259 g/mol. The second-order valence-electron chi connectivity index (χ2n) is 4.12. The topological polar surface area (TPSA) is 38.3 Å². The van der Waals surface area contributed by atoms with Crippen LogP contribution in [0, 0.1) is 5.82 Å². The zero-order chi connectivity index (χ0) is 13.7. The molecule has 0 heterocycles. The minimum absolute atomic E-state index is 0.111. The van der Waals surface area contributed by atoms with Crippen LogP contribution in [0.5, 0.6) is 5.75 Å². The number of nitrogens with one attached hydrogen (secondary N) is 1. The van der Waals surface area contributed by atoms with Crippen LogP contribution in [-0.4, -0.2) is 5.91 Å². The molecule has 1 amide bonds. The van der Waals surface area contributed by atoms with E-state index in [1.807, 2.05) is 0 Å². The quantitative estimate of drug-likeness (QED) is 0.914. The fourth-order valence-electron chi connectivity index (χ4n) is 1.59. The maximum Gasteiger partial charge on any atom is 0.221 e. The molecule has 3 nitrogen and oxygen atoms in total. The highest BCUT2D eigenvalue weighted by Gasteiger charge is 1.99. The second kappa shape index (κ2) is 6.00. The average Bonchev–Trinajstić information content (AvgIpc) is 2.39. The van der Waals surface area contributed by atoms with Crippen LogP contribution in [0.1, 0.15) is 12.5 Å². The van der Waals surface area contributed by atoms with E-state index in [-0.39, 0.29) is 11.7 Å². The van der Waals surface area contributed by atoms with Gasteiger partial charge in [-0.05, 0) is 42.0 Å². The zero-order valence-corrected chi connectivity index (χ0v) is 10.5. The monoisotopic (exact) mass is 259 g/mol. The van der Waals surface area contributed by atoms with Gasteiger partial charge in [0, 0.05) is 12.6 Å². The van der Waals surface area contributed by atoms with Gasteiger partial charge in [-0.1, -0.05) is 12.1 Å². The van der Waals surface area contributed by atoms with Crippen molar-refractivity contribution in [3.63, 3.8) is 0 Å². The molecule has 0 aliphatic carbocycles. The Morgan fingerprint density at radius 3 is 2.32 bits per heavy atom. The summed E-state index contributed by atoms with van der Waals surface area (Å²) in [6.07, 6.45) is 0. The van der Waals surface area contributed by atoms with Gasteiger partial charge in [0.1, 0.15) is 18.2 Å². The highest BCUT2D eigenvalue weighted by Crippen LogP contribution is 2.17. The molecule has 4 heteroatoms. The van der Waals surface area contributed by atoms with Crippen LogP contribution < -0.4 is 10.1 Å². The molecule has 0 aromatic heterocycles. The van der Waals surface area contributed by atoms with Crippen molar-refractivity contribution in [2.45, 2.75) is 13.5 Å². The molecule has 0 spiro atoms. The van der Waals surface area contributed by atoms with Gasteiger partial charge in [0.15, 0.2) is 0 Å². The summed E-state index contributed by atoms with van der Waals surface area (Å²) in [5.74, 6) is 0.321. The SMILES string of the molecule is CC(=O)Nc1ccc(OCc2ccc(F)cc2)cc1. The lowest BCUT2D eigenvalue weighted by Gasteiger charge is -2.07. The summed E-state index contributed by atoms with van der Waals surface area (Å²) in [4.78, 5) is 10.9. The van der Waals surface area contributed by atoms with Crippen molar-refractivity contribution in [2.24, 2.45) is 0 Å². The van der Waals surface area contributed by atoms with E-state index < -0.39 is 0 Å². The molecule has 0 atom stereocenters. The van der Waals surface area contributed by atoms with E-state index in [1.54, 1.807) is 36.4 Å². The minimum atomic E-state index is -0.261. The van der Waals surface area contributed by atoms with Crippen molar-refractivity contribution in [2.75, 3.05) is 5.32 Å². The van der Waals surface area contributed by atoms with Crippen molar-refractivity contribution >= 4 is 11.6 Å². The van der Waals surface area contributed by atoms with Gasteiger partial charge in [0.2, 0.25) is 5.91 Å². The van der Waals surface area contributed by atoms with Crippen LogP contribution in [0.25, 0.3) is 0 Å². The summed E-state index contributed by atoms with van der Waals surface area (Å²) in [5, 5.41) is 2.68. The lowest BCUT2D eigenvalue weighted by Crippen LogP contribution is -2.05. The molecular weight excluding hydrogens is 245 g/mol. The predicted octanol–water partition coefficient (Wildman–Crippen LogP) is 3.36. The summed E-state index contributed by atoms with van der Waals surface area (Å²) in [6.45, 7) is 1.83. The summed E-state index contributed by atoms with van der Waals surface area (Å²) in [6, 6.07) is 13.2. The number of halogens is 1. The molecule has 2 rings (SSSR count). The first-order chi connectivity index (χ1) is 9.13. The first-order valence-corrected chi connectivity index (χ1v) is 5.88. The van der Waals surface area contributed by atoms with Gasteiger partial charge in [0.25, 0.3) is 0 Å². The first kappa shape index (κ1) is 13.1. The van der Waals surface area contributed by atoms with E-state index in [9.17, 15) is 9.18 Å². The Morgan fingerprint density at radius 2 is 1.74 bits per heavy atom. The number of benzene rings is 2.